The van der Waals surface area contributed by atoms with Crippen LogP contribution in [0.2, 0.25) is 5.02 Å². The Kier molecular flexibility index (Phi) is 3.90. The molecular weight excluding hydrogens is 296 g/mol. The lowest BCUT2D eigenvalue weighted by atomic mass is 10.1. The van der Waals surface area contributed by atoms with Gasteiger partial charge >= 0.3 is 0 Å². The number of methoxy groups -OCH3 is 1. The number of para-hydroxylation sites is 1. The Bertz CT molecular complexity index is 846. The molecule has 1 N–H and O–H groups in total. The summed E-state index contributed by atoms with van der Waals surface area (Å²) >= 11 is 6.20. The van der Waals surface area contributed by atoms with E-state index in [-0.39, 0.29) is 0 Å². The Hall–Kier alpha value is -2.26. The van der Waals surface area contributed by atoms with E-state index < -0.39 is 0 Å². The van der Waals surface area contributed by atoms with Crippen molar-refractivity contribution < 1.29 is 4.74 Å². The third kappa shape index (κ3) is 2.72. The number of aromatic nitrogens is 1. The number of aryl methyl sites for hydroxylation is 2. The van der Waals surface area contributed by atoms with E-state index in [2.05, 4.69) is 10.3 Å². The highest BCUT2D eigenvalue weighted by Gasteiger charge is 2.09. The maximum atomic E-state index is 6.20. The van der Waals surface area contributed by atoms with Crippen LogP contribution in [0.25, 0.3) is 10.9 Å². The van der Waals surface area contributed by atoms with Gasteiger partial charge in [0.1, 0.15) is 11.3 Å². The van der Waals surface area contributed by atoms with Gasteiger partial charge in [-0.3, -0.25) is 0 Å². The molecule has 0 saturated heterocycles. The summed E-state index contributed by atoms with van der Waals surface area (Å²) < 4.78 is 5.41. The van der Waals surface area contributed by atoms with Crippen LogP contribution in [0.5, 0.6) is 5.75 Å². The summed E-state index contributed by atoms with van der Waals surface area (Å²) in [6.07, 6.45) is 0. The summed E-state index contributed by atoms with van der Waals surface area (Å²) in [4.78, 5) is 4.59. The Labute approximate surface area is 134 Å². The maximum absolute atomic E-state index is 6.20. The molecule has 112 valence electrons. The number of hydrogen-bond donors (Lipinski definition) is 1. The number of benzene rings is 2. The lowest BCUT2D eigenvalue weighted by Gasteiger charge is -2.13. The molecule has 1 heterocycles. The smallest absolute Gasteiger partial charge is 0.145 e. The number of hydrogen-bond acceptors (Lipinski definition) is 3. The SMILES string of the molecule is COc1cccc2c(Nc3ccc(C)c(Cl)c3)cc(C)nc12. The normalized spacial score (nSPS) is 10.7. The first kappa shape index (κ1) is 14.7. The molecule has 0 saturated carbocycles. The van der Waals surface area contributed by atoms with Gasteiger partial charge in [-0.15, -0.1) is 0 Å². The van der Waals surface area contributed by atoms with Gasteiger partial charge in [0.05, 0.1) is 7.11 Å². The van der Waals surface area contributed by atoms with Crippen molar-refractivity contribution in [2.45, 2.75) is 13.8 Å². The van der Waals surface area contributed by atoms with Crippen LogP contribution in [0.15, 0.2) is 42.5 Å². The fourth-order valence-corrected chi connectivity index (χ4v) is 2.63. The predicted molar refractivity (Wildman–Crippen MR) is 92.5 cm³/mol. The molecule has 0 bridgehead atoms. The van der Waals surface area contributed by atoms with Crippen LogP contribution in [-0.4, -0.2) is 12.1 Å². The number of nitrogens with one attached hydrogen (secondary N) is 1. The van der Waals surface area contributed by atoms with Gasteiger partial charge in [0, 0.05) is 27.5 Å². The van der Waals surface area contributed by atoms with E-state index in [9.17, 15) is 0 Å². The highest BCUT2D eigenvalue weighted by Crippen LogP contribution is 2.32. The maximum Gasteiger partial charge on any atom is 0.145 e. The van der Waals surface area contributed by atoms with Gasteiger partial charge in [-0.2, -0.15) is 0 Å². The standard InChI is InChI=1S/C18H17ClN2O/c1-11-7-8-13(10-15(11)19)21-16-9-12(2)20-18-14(16)5-4-6-17(18)22-3/h4-10H,1-3H3,(H,20,21). The largest absolute Gasteiger partial charge is 0.494 e. The van der Waals surface area contributed by atoms with E-state index in [1.165, 1.54) is 0 Å². The molecule has 0 aliphatic carbocycles. The Balaban J connectivity index is 2.12. The second-order valence-electron chi connectivity index (χ2n) is 5.26. The van der Waals surface area contributed by atoms with Crippen LogP contribution < -0.4 is 10.1 Å². The summed E-state index contributed by atoms with van der Waals surface area (Å²) in [5, 5.41) is 5.19. The van der Waals surface area contributed by atoms with Crippen molar-refractivity contribution in [3.8, 4) is 5.75 Å². The zero-order chi connectivity index (χ0) is 15.7. The fraction of sp³-hybridized carbons (Fsp3) is 0.167. The molecule has 0 atom stereocenters. The molecule has 0 radical (unpaired) electrons. The minimum atomic E-state index is 0.748. The summed E-state index contributed by atoms with van der Waals surface area (Å²) in [5.41, 5.74) is 4.78. The topological polar surface area (TPSA) is 34.1 Å². The molecule has 0 amide bonds. The number of nitrogens with zero attached hydrogens (tertiary/aromatic N) is 1. The number of rotatable bonds is 3. The minimum Gasteiger partial charge on any atom is -0.494 e. The molecule has 3 aromatic rings. The summed E-state index contributed by atoms with van der Waals surface area (Å²) in [6, 6.07) is 13.9. The summed E-state index contributed by atoms with van der Waals surface area (Å²) in [5.74, 6) is 0.770. The van der Waals surface area contributed by atoms with E-state index in [4.69, 9.17) is 16.3 Å². The molecule has 4 heteroatoms. The van der Waals surface area contributed by atoms with Crippen molar-refractivity contribution in [3.05, 3.63) is 58.7 Å². The van der Waals surface area contributed by atoms with Crippen molar-refractivity contribution in [1.29, 1.82) is 0 Å². The van der Waals surface area contributed by atoms with Crippen molar-refractivity contribution in [3.63, 3.8) is 0 Å². The number of ether oxygens (including phenoxy) is 1. The molecule has 22 heavy (non-hydrogen) atoms. The average Bonchev–Trinajstić information content (AvgIpc) is 2.50. The van der Waals surface area contributed by atoms with Gasteiger partial charge in [-0.05, 0) is 43.7 Å². The molecule has 0 spiro atoms. The monoisotopic (exact) mass is 312 g/mol. The van der Waals surface area contributed by atoms with Crippen LogP contribution in [0, 0.1) is 13.8 Å². The van der Waals surface area contributed by atoms with Crippen LogP contribution in [0.3, 0.4) is 0 Å². The van der Waals surface area contributed by atoms with Crippen LogP contribution in [0.4, 0.5) is 11.4 Å². The second-order valence-corrected chi connectivity index (χ2v) is 5.66. The Morgan fingerprint density at radius 1 is 1.09 bits per heavy atom. The highest BCUT2D eigenvalue weighted by molar-refractivity contribution is 6.31. The molecule has 0 aliphatic heterocycles. The zero-order valence-electron chi connectivity index (χ0n) is 12.8. The van der Waals surface area contributed by atoms with Crippen LogP contribution in [-0.2, 0) is 0 Å². The van der Waals surface area contributed by atoms with Crippen LogP contribution in [0.1, 0.15) is 11.3 Å². The molecular formula is C18H17ClN2O. The van der Waals surface area contributed by atoms with Gasteiger partial charge in [-0.25, -0.2) is 4.98 Å². The van der Waals surface area contributed by atoms with Crippen molar-refractivity contribution in [2.75, 3.05) is 12.4 Å². The van der Waals surface area contributed by atoms with Gasteiger partial charge in [0.15, 0.2) is 0 Å². The average molecular weight is 313 g/mol. The number of fused-ring (bicyclic) bond motifs is 1. The summed E-state index contributed by atoms with van der Waals surface area (Å²) in [6.45, 7) is 3.96. The van der Waals surface area contributed by atoms with Gasteiger partial charge in [0.25, 0.3) is 0 Å². The third-order valence-electron chi connectivity index (χ3n) is 3.60. The first-order valence-electron chi connectivity index (χ1n) is 7.06. The Morgan fingerprint density at radius 3 is 2.64 bits per heavy atom. The van der Waals surface area contributed by atoms with E-state index in [1.807, 2.05) is 56.3 Å². The highest BCUT2D eigenvalue weighted by atomic mass is 35.5. The van der Waals surface area contributed by atoms with Gasteiger partial charge in [0.2, 0.25) is 0 Å². The lowest BCUT2D eigenvalue weighted by Crippen LogP contribution is -1.96. The zero-order valence-corrected chi connectivity index (χ0v) is 13.5. The fourth-order valence-electron chi connectivity index (χ4n) is 2.44. The second kappa shape index (κ2) is 5.85. The van der Waals surface area contributed by atoms with E-state index in [0.29, 0.717) is 0 Å². The van der Waals surface area contributed by atoms with Gasteiger partial charge in [-0.1, -0.05) is 29.8 Å². The van der Waals surface area contributed by atoms with Crippen molar-refractivity contribution >= 4 is 33.9 Å². The molecule has 1 aromatic heterocycles. The van der Waals surface area contributed by atoms with E-state index in [1.54, 1.807) is 7.11 Å². The van der Waals surface area contributed by atoms with Crippen molar-refractivity contribution in [2.24, 2.45) is 0 Å². The number of anilines is 2. The quantitative estimate of drug-likeness (QED) is 0.716. The lowest BCUT2D eigenvalue weighted by molar-refractivity contribution is 0.419. The molecule has 0 fully saturated rings. The molecule has 0 aliphatic rings. The predicted octanol–water partition coefficient (Wildman–Crippen LogP) is 5.26. The Morgan fingerprint density at radius 2 is 1.91 bits per heavy atom. The van der Waals surface area contributed by atoms with Crippen molar-refractivity contribution in [1.82, 2.24) is 4.98 Å². The van der Waals surface area contributed by atoms with Crippen LogP contribution >= 0.6 is 11.6 Å². The molecule has 2 aromatic carbocycles. The first-order valence-corrected chi connectivity index (χ1v) is 7.44. The summed E-state index contributed by atoms with van der Waals surface area (Å²) in [7, 11) is 1.66. The minimum absolute atomic E-state index is 0.748. The number of halogens is 1. The van der Waals surface area contributed by atoms with Gasteiger partial charge < -0.3 is 10.1 Å². The number of pyridine rings is 1. The van der Waals surface area contributed by atoms with E-state index >= 15 is 0 Å². The molecule has 3 rings (SSSR count). The first-order chi connectivity index (χ1) is 10.6. The van der Waals surface area contributed by atoms with E-state index in [0.717, 1.165) is 44.3 Å². The third-order valence-corrected chi connectivity index (χ3v) is 4.01. The molecule has 0 unspecified atom stereocenters. The molecule has 3 nitrogen and oxygen atoms in total.